The van der Waals surface area contributed by atoms with Crippen molar-refractivity contribution in [2.24, 2.45) is 5.73 Å². The first-order valence-corrected chi connectivity index (χ1v) is 6.45. The standard InChI is InChI=1S/C11H10N2O4S/c1-7(10(12)14)6-13-11(15)8-4-2-3-5-9(8)18(13,16)17/h2-6H,1H3,(H2,12,14)/b7-6+. The molecular weight excluding hydrogens is 256 g/mol. The van der Waals surface area contributed by atoms with E-state index in [0.717, 1.165) is 6.20 Å². The largest absolute Gasteiger partial charge is 0.366 e. The number of hydrogen-bond donors (Lipinski definition) is 1. The van der Waals surface area contributed by atoms with Gasteiger partial charge >= 0.3 is 0 Å². The van der Waals surface area contributed by atoms with Crippen molar-refractivity contribution in [1.82, 2.24) is 4.31 Å². The van der Waals surface area contributed by atoms with Crippen LogP contribution in [0.3, 0.4) is 0 Å². The van der Waals surface area contributed by atoms with Crippen LogP contribution in [0.4, 0.5) is 0 Å². The number of rotatable bonds is 2. The lowest BCUT2D eigenvalue weighted by molar-refractivity contribution is -0.114. The van der Waals surface area contributed by atoms with Crippen LogP contribution in [0.1, 0.15) is 17.3 Å². The molecule has 6 nitrogen and oxygen atoms in total. The fraction of sp³-hybridized carbons (Fsp3) is 0.0909. The zero-order valence-corrected chi connectivity index (χ0v) is 10.3. The minimum Gasteiger partial charge on any atom is -0.366 e. The molecule has 1 aliphatic rings. The summed E-state index contributed by atoms with van der Waals surface area (Å²) in [5, 5.41) is 0. The highest BCUT2D eigenvalue weighted by Gasteiger charge is 2.39. The quantitative estimate of drug-likeness (QED) is 0.774. The average Bonchev–Trinajstić information content (AvgIpc) is 2.51. The van der Waals surface area contributed by atoms with E-state index >= 15 is 0 Å². The second-order valence-corrected chi connectivity index (χ2v) is 5.56. The van der Waals surface area contributed by atoms with E-state index in [2.05, 4.69) is 0 Å². The van der Waals surface area contributed by atoms with Gasteiger partial charge in [0, 0.05) is 11.8 Å². The van der Waals surface area contributed by atoms with E-state index < -0.39 is 21.8 Å². The van der Waals surface area contributed by atoms with E-state index in [1.165, 1.54) is 25.1 Å². The summed E-state index contributed by atoms with van der Waals surface area (Å²) in [4.78, 5) is 22.8. The maximum atomic E-state index is 12.1. The normalized spacial score (nSPS) is 17.7. The van der Waals surface area contributed by atoms with Crippen molar-refractivity contribution in [1.29, 1.82) is 0 Å². The Bertz CT molecular complexity index is 676. The maximum Gasteiger partial charge on any atom is 0.273 e. The molecule has 0 fully saturated rings. The molecule has 1 aromatic rings. The topological polar surface area (TPSA) is 97.5 Å². The molecular formula is C11H10N2O4S. The lowest BCUT2D eigenvalue weighted by Crippen LogP contribution is -2.26. The van der Waals surface area contributed by atoms with Crippen molar-refractivity contribution in [3.63, 3.8) is 0 Å². The molecule has 0 radical (unpaired) electrons. The van der Waals surface area contributed by atoms with Crippen molar-refractivity contribution in [3.05, 3.63) is 41.6 Å². The molecule has 18 heavy (non-hydrogen) atoms. The summed E-state index contributed by atoms with van der Waals surface area (Å²) < 4.78 is 24.7. The Balaban J connectivity index is 2.60. The molecule has 0 aliphatic carbocycles. The van der Waals surface area contributed by atoms with Crippen molar-refractivity contribution < 1.29 is 18.0 Å². The Kier molecular flexibility index (Phi) is 2.70. The number of nitrogens with zero attached hydrogens (tertiary/aromatic N) is 1. The Morgan fingerprint density at radius 2 is 1.94 bits per heavy atom. The number of carbonyl (C=O) groups is 2. The molecule has 0 aromatic heterocycles. The summed E-state index contributed by atoms with van der Waals surface area (Å²) in [6.07, 6.45) is 0.944. The Morgan fingerprint density at radius 1 is 1.33 bits per heavy atom. The van der Waals surface area contributed by atoms with Crippen molar-refractivity contribution in [2.75, 3.05) is 0 Å². The zero-order valence-electron chi connectivity index (χ0n) is 9.45. The van der Waals surface area contributed by atoms with Crippen LogP contribution in [0.25, 0.3) is 0 Å². The molecule has 2 amide bonds. The smallest absolute Gasteiger partial charge is 0.273 e. The molecule has 1 aliphatic heterocycles. The molecule has 0 atom stereocenters. The van der Waals surface area contributed by atoms with E-state index in [1.807, 2.05) is 0 Å². The van der Waals surface area contributed by atoms with Crippen LogP contribution >= 0.6 is 0 Å². The molecule has 1 heterocycles. The van der Waals surface area contributed by atoms with Gasteiger partial charge in [-0.1, -0.05) is 12.1 Å². The number of sulfonamides is 1. The van der Waals surface area contributed by atoms with Crippen molar-refractivity contribution >= 4 is 21.8 Å². The molecule has 0 saturated carbocycles. The molecule has 2 rings (SSSR count). The number of amides is 2. The lowest BCUT2D eigenvalue weighted by Gasteiger charge is -2.10. The van der Waals surface area contributed by atoms with Gasteiger partial charge in [0.1, 0.15) is 4.90 Å². The van der Waals surface area contributed by atoms with Gasteiger partial charge in [0.05, 0.1) is 5.56 Å². The van der Waals surface area contributed by atoms with E-state index in [0.29, 0.717) is 4.31 Å². The molecule has 0 unspecified atom stereocenters. The number of benzene rings is 1. The number of primary amides is 1. The van der Waals surface area contributed by atoms with Gasteiger partial charge in [-0.05, 0) is 19.1 Å². The predicted molar refractivity (Wildman–Crippen MR) is 62.7 cm³/mol. The summed E-state index contributed by atoms with van der Waals surface area (Å²) in [6, 6.07) is 5.86. The summed E-state index contributed by atoms with van der Waals surface area (Å²) in [5.74, 6) is -1.47. The van der Waals surface area contributed by atoms with Crippen LogP contribution < -0.4 is 5.73 Å². The Labute approximate surface area is 104 Å². The van der Waals surface area contributed by atoms with Crippen LogP contribution in [0.15, 0.2) is 40.9 Å². The highest BCUT2D eigenvalue weighted by molar-refractivity contribution is 7.90. The van der Waals surface area contributed by atoms with Crippen molar-refractivity contribution in [2.45, 2.75) is 11.8 Å². The van der Waals surface area contributed by atoms with Crippen LogP contribution in [-0.4, -0.2) is 24.5 Å². The number of hydrogen-bond acceptors (Lipinski definition) is 4. The fourth-order valence-corrected chi connectivity index (χ4v) is 3.08. The average molecular weight is 266 g/mol. The van der Waals surface area contributed by atoms with E-state index in [1.54, 1.807) is 6.07 Å². The Hall–Kier alpha value is -2.15. The predicted octanol–water partition coefficient (Wildman–Crippen LogP) is 0.220. The summed E-state index contributed by atoms with van der Waals surface area (Å²) in [7, 11) is -3.92. The number of nitrogens with two attached hydrogens (primary N) is 1. The maximum absolute atomic E-state index is 12.1. The van der Waals surface area contributed by atoms with E-state index in [-0.39, 0.29) is 16.0 Å². The first kappa shape index (κ1) is 12.3. The number of fused-ring (bicyclic) bond motifs is 1. The van der Waals surface area contributed by atoms with Crippen molar-refractivity contribution in [3.8, 4) is 0 Å². The monoisotopic (exact) mass is 266 g/mol. The molecule has 7 heteroatoms. The summed E-state index contributed by atoms with van der Waals surface area (Å²) >= 11 is 0. The molecule has 94 valence electrons. The second kappa shape index (κ2) is 3.95. The fourth-order valence-electron chi connectivity index (χ4n) is 1.57. The second-order valence-electron chi connectivity index (χ2n) is 3.78. The third kappa shape index (κ3) is 1.68. The van der Waals surface area contributed by atoms with E-state index in [4.69, 9.17) is 5.73 Å². The van der Waals surface area contributed by atoms with Crippen LogP contribution in [-0.2, 0) is 14.8 Å². The molecule has 1 aromatic carbocycles. The first-order chi connectivity index (χ1) is 8.35. The van der Waals surface area contributed by atoms with Gasteiger partial charge in [-0.15, -0.1) is 0 Å². The molecule has 0 spiro atoms. The minimum atomic E-state index is -3.92. The van der Waals surface area contributed by atoms with Gasteiger partial charge < -0.3 is 5.73 Å². The SMILES string of the molecule is C/C(=C\N1C(=O)c2ccccc2S1(=O)=O)C(N)=O. The van der Waals surface area contributed by atoms with Crippen LogP contribution in [0.5, 0.6) is 0 Å². The number of carbonyl (C=O) groups excluding carboxylic acids is 2. The van der Waals surface area contributed by atoms with Gasteiger partial charge in [-0.25, -0.2) is 12.7 Å². The molecule has 0 bridgehead atoms. The minimum absolute atomic E-state index is 0.0141. The van der Waals surface area contributed by atoms with Gasteiger partial charge in [-0.3, -0.25) is 9.59 Å². The highest BCUT2D eigenvalue weighted by atomic mass is 32.2. The van der Waals surface area contributed by atoms with Gasteiger partial charge in [0.15, 0.2) is 0 Å². The van der Waals surface area contributed by atoms with Crippen LogP contribution in [0.2, 0.25) is 0 Å². The third-order valence-corrected chi connectivity index (χ3v) is 4.25. The summed E-state index contributed by atoms with van der Waals surface area (Å²) in [6.45, 7) is 1.34. The lowest BCUT2D eigenvalue weighted by atomic mass is 10.2. The third-order valence-electron chi connectivity index (χ3n) is 2.55. The molecule has 0 saturated heterocycles. The van der Waals surface area contributed by atoms with Gasteiger partial charge in [-0.2, -0.15) is 0 Å². The van der Waals surface area contributed by atoms with Gasteiger partial charge in [0.25, 0.3) is 15.9 Å². The van der Waals surface area contributed by atoms with Crippen LogP contribution in [0, 0.1) is 0 Å². The van der Waals surface area contributed by atoms with E-state index in [9.17, 15) is 18.0 Å². The summed E-state index contributed by atoms with van der Waals surface area (Å²) in [5.41, 5.74) is 5.09. The highest BCUT2D eigenvalue weighted by Crippen LogP contribution is 2.30. The first-order valence-electron chi connectivity index (χ1n) is 5.01. The zero-order chi connectivity index (χ0) is 13.5. The Morgan fingerprint density at radius 3 is 2.50 bits per heavy atom. The molecule has 2 N–H and O–H groups in total. The van der Waals surface area contributed by atoms with Gasteiger partial charge in [0.2, 0.25) is 5.91 Å².